The Morgan fingerprint density at radius 2 is 1.30 bits per heavy atom. The van der Waals surface area contributed by atoms with Gasteiger partial charge in [-0.25, -0.2) is 8.42 Å². The number of hydrogen-bond acceptors (Lipinski definition) is 4. The number of benzene rings is 2. The Labute approximate surface area is 195 Å². The fourth-order valence-electron chi connectivity index (χ4n) is 3.37. The Balaban J connectivity index is 2.74. The van der Waals surface area contributed by atoms with E-state index in [0.717, 1.165) is 0 Å². The van der Waals surface area contributed by atoms with Gasteiger partial charge in [-0.3, -0.25) is 0 Å². The van der Waals surface area contributed by atoms with Crippen molar-refractivity contribution in [1.82, 2.24) is 4.72 Å². The summed E-state index contributed by atoms with van der Waals surface area (Å²) in [6.07, 6.45) is -1.10. The molecule has 0 heterocycles. The Morgan fingerprint density at radius 1 is 0.909 bits per heavy atom. The number of nitrogens with one attached hydrogen (secondary N) is 1. The molecule has 2 aromatic rings. The standard InChI is InChI=1S/C23H32F3NO4SSi/c1-17(31-33(5,6)21(2,3)4)20(27-32(29,30)23(24,25)26)22(28,18-13-9-7-10-14-18)19-15-11-8-12-16-19/h7-17,20,27-28H,1-6H3. The SMILES string of the molecule is CC(O[Si](C)(C)C(C)(C)C)C(NS(=O)(=O)C(F)(F)F)C(O)(c1ccccc1)c1ccccc1. The molecule has 0 aliphatic heterocycles. The van der Waals surface area contributed by atoms with Gasteiger partial charge < -0.3 is 9.53 Å². The van der Waals surface area contributed by atoms with Gasteiger partial charge in [-0.05, 0) is 36.2 Å². The van der Waals surface area contributed by atoms with Crippen LogP contribution in [0.25, 0.3) is 0 Å². The molecule has 2 N–H and O–H groups in total. The molecule has 0 spiro atoms. The molecule has 10 heteroatoms. The van der Waals surface area contributed by atoms with Crippen molar-refractivity contribution >= 4 is 18.3 Å². The first-order valence-electron chi connectivity index (χ1n) is 10.5. The van der Waals surface area contributed by atoms with E-state index in [2.05, 4.69) is 0 Å². The second-order valence-corrected chi connectivity index (χ2v) is 16.1. The first kappa shape index (κ1) is 27.5. The van der Waals surface area contributed by atoms with E-state index >= 15 is 0 Å². The fraction of sp³-hybridized carbons (Fsp3) is 0.478. The van der Waals surface area contributed by atoms with Crippen molar-refractivity contribution in [3.05, 3.63) is 71.8 Å². The van der Waals surface area contributed by atoms with Crippen LogP contribution in [0.15, 0.2) is 60.7 Å². The molecule has 184 valence electrons. The van der Waals surface area contributed by atoms with Gasteiger partial charge in [0.25, 0.3) is 0 Å². The van der Waals surface area contributed by atoms with E-state index in [1.807, 2.05) is 33.9 Å². The maximum atomic E-state index is 13.4. The van der Waals surface area contributed by atoms with E-state index < -0.39 is 41.6 Å². The van der Waals surface area contributed by atoms with E-state index in [1.54, 1.807) is 65.4 Å². The molecule has 2 rings (SSSR count). The second kappa shape index (κ2) is 9.50. The zero-order valence-corrected chi connectivity index (χ0v) is 21.5. The summed E-state index contributed by atoms with van der Waals surface area (Å²) in [5.41, 5.74) is -7.24. The summed E-state index contributed by atoms with van der Waals surface area (Å²) in [7, 11) is -8.37. The maximum absolute atomic E-state index is 13.4. The van der Waals surface area contributed by atoms with E-state index in [-0.39, 0.29) is 16.2 Å². The van der Waals surface area contributed by atoms with E-state index in [1.165, 1.54) is 6.92 Å². The van der Waals surface area contributed by atoms with Crippen molar-refractivity contribution < 1.29 is 31.1 Å². The zero-order chi connectivity index (χ0) is 25.3. The number of halogens is 3. The van der Waals surface area contributed by atoms with Crippen molar-refractivity contribution in [1.29, 1.82) is 0 Å². The lowest BCUT2D eigenvalue weighted by molar-refractivity contribution is -0.0489. The van der Waals surface area contributed by atoms with Gasteiger partial charge in [-0.1, -0.05) is 81.4 Å². The lowest BCUT2D eigenvalue weighted by Gasteiger charge is -2.45. The highest BCUT2D eigenvalue weighted by molar-refractivity contribution is 7.90. The predicted molar refractivity (Wildman–Crippen MR) is 126 cm³/mol. The molecule has 0 fully saturated rings. The highest BCUT2D eigenvalue weighted by Gasteiger charge is 2.53. The van der Waals surface area contributed by atoms with Crippen LogP contribution in [0.3, 0.4) is 0 Å². The highest BCUT2D eigenvalue weighted by Crippen LogP contribution is 2.41. The third-order valence-corrected chi connectivity index (χ3v) is 12.0. The Kier molecular flexibility index (Phi) is 7.92. The minimum absolute atomic E-state index is 0.233. The molecule has 0 saturated carbocycles. The van der Waals surface area contributed by atoms with Gasteiger partial charge in [0, 0.05) is 0 Å². The Morgan fingerprint density at radius 3 is 1.64 bits per heavy atom. The largest absolute Gasteiger partial charge is 0.511 e. The number of rotatable bonds is 8. The average Bonchev–Trinajstić information content (AvgIpc) is 2.70. The minimum atomic E-state index is -5.81. The van der Waals surface area contributed by atoms with E-state index in [0.29, 0.717) is 0 Å². The molecule has 0 aromatic heterocycles. The molecule has 5 nitrogen and oxygen atoms in total. The maximum Gasteiger partial charge on any atom is 0.511 e. The molecular formula is C23H32F3NO4SSi. The minimum Gasteiger partial charge on any atom is -0.412 e. The van der Waals surface area contributed by atoms with Gasteiger partial charge in [0.1, 0.15) is 5.60 Å². The van der Waals surface area contributed by atoms with E-state index in [9.17, 15) is 26.7 Å². The lowest BCUT2D eigenvalue weighted by atomic mass is 9.78. The van der Waals surface area contributed by atoms with Gasteiger partial charge in [-0.2, -0.15) is 17.9 Å². The molecule has 33 heavy (non-hydrogen) atoms. The van der Waals surface area contributed by atoms with Crippen molar-refractivity contribution in [2.45, 2.75) is 69.1 Å². The van der Waals surface area contributed by atoms with Crippen LogP contribution in [0.2, 0.25) is 18.1 Å². The smallest absolute Gasteiger partial charge is 0.412 e. The van der Waals surface area contributed by atoms with Crippen LogP contribution in [0.4, 0.5) is 13.2 Å². The summed E-state index contributed by atoms with van der Waals surface area (Å²) < 4.78 is 72.8. The third-order valence-electron chi connectivity index (χ3n) is 6.22. The van der Waals surface area contributed by atoms with Crippen molar-refractivity contribution in [3.63, 3.8) is 0 Å². The van der Waals surface area contributed by atoms with Crippen molar-refractivity contribution in [3.8, 4) is 0 Å². The third kappa shape index (κ3) is 5.86. The summed E-state index contributed by atoms with van der Waals surface area (Å²) in [4.78, 5) is 0. The highest BCUT2D eigenvalue weighted by atomic mass is 32.2. The molecule has 2 aromatic carbocycles. The van der Waals surface area contributed by atoms with Gasteiger partial charge in [0.15, 0.2) is 8.32 Å². The van der Waals surface area contributed by atoms with Gasteiger partial charge >= 0.3 is 15.5 Å². The summed E-state index contributed by atoms with van der Waals surface area (Å²) in [5, 5.41) is 11.8. The Hall–Kier alpha value is -1.72. The quantitative estimate of drug-likeness (QED) is 0.489. The summed E-state index contributed by atoms with van der Waals surface area (Å²) >= 11 is 0. The molecule has 0 amide bonds. The average molecular weight is 504 g/mol. The van der Waals surface area contributed by atoms with Crippen molar-refractivity contribution in [2.75, 3.05) is 0 Å². The first-order chi connectivity index (χ1) is 14.9. The summed E-state index contributed by atoms with van der Waals surface area (Å²) in [6, 6.07) is 14.4. The molecule has 0 bridgehead atoms. The second-order valence-electron chi connectivity index (χ2n) is 9.63. The molecule has 0 saturated heterocycles. The summed E-state index contributed by atoms with van der Waals surface area (Å²) in [6.45, 7) is 11.2. The van der Waals surface area contributed by atoms with Crippen LogP contribution in [0, 0.1) is 0 Å². The molecule has 0 aliphatic rings. The number of sulfonamides is 1. The predicted octanol–water partition coefficient (Wildman–Crippen LogP) is 5.14. The Bertz CT molecular complexity index is 984. The van der Waals surface area contributed by atoms with Crippen LogP contribution < -0.4 is 4.72 Å². The van der Waals surface area contributed by atoms with Crippen LogP contribution >= 0.6 is 0 Å². The molecule has 2 atom stereocenters. The molecular weight excluding hydrogens is 471 g/mol. The fourth-order valence-corrected chi connectivity index (χ4v) is 5.62. The number of aliphatic hydroxyl groups is 1. The first-order valence-corrected chi connectivity index (χ1v) is 14.9. The molecule has 0 aliphatic carbocycles. The van der Waals surface area contributed by atoms with Crippen molar-refractivity contribution in [2.24, 2.45) is 0 Å². The van der Waals surface area contributed by atoms with Crippen LogP contribution in [-0.2, 0) is 20.1 Å². The van der Waals surface area contributed by atoms with Gasteiger partial charge in [0.2, 0.25) is 0 Å². The number of alkyl halides is 3. The molecule has 0 radical (unpaired) electrons. The number of hydrogen-bond donors (Lipinski definition) is 2. The lowest BCUT2D eigenvalue weighted by Crippen LogP contribution is -2.61. The van der Waals surface area contributed by atoms with Crippen LogP contribution in [-0.4, -0.2) is 39.5 Å². The van der Waals surface area contributed by atoms with Gasteiger partial charge in [0.05, 0.1) is 12.1 Å². The molecule has 2 unspecified atom stereocenters. The van der Waals surface area contributed by atoms with Gasteiger partial charge in [-0.15, -0.1) is 0 Å². The van der Waals surface area contributed by atoms with Crippen LogP contribution in [0.5, 0.6) is 0 Å². The topological polar surface area (TPSA) is 75.6 Å². The normalized spacial score (nSPS) is 15.8. The summed E-state index contributed by atoms with van der Waals surface area (Å²) in [5.74, 6) is 0. The van der Waals surface area contributed by atoms with E-state index in [4.69, 9.17) is 4.43 Å². The monoisotopic (exact) mass is 503 g/mol. The zero-order valence-electron chi connectivity index (χ0n) is 19.6. The van der Waals surface area contributed by atoms with Crippen LogP contribution in [0.1, 0.15) is 38.8 Å².